The van der Waals surface area contributed by atoms with Gasteiger partial charge >= 0.3 is 0 Å². The van der Waals surface area contributed by atoms with Gasteiger partial charge in [0.25, 0.3) is 0 Å². The quantitative estimate of drug-likeness (QED) is 0.600. The van der Waals surface area contributed by atoms with Crippen LogP contribution in [0.2, 0.25) is 0 Å². The van der Waals surface area contributed by atoms with Crippen LogP contribution in [0.15, 0.2) is 36.5 Å². The fourth-order valence-corrected chi connectivity index (χ4v) is 2.65. The first-order valence-electron chi connectivity index (χ1n) is 7.02. The molecule has 3 N–H and O–H groups in total. The van der Waals surface area contributed by atoms with E-state index in [0.717, 1.165) is 25.0 Å². The third kappa shape index (κ3) is 3.76. The summed E-state index contributed by atoms with van der Waals surface area (Å²) in [7, 11) is 1.73. The second-order valence-corrected chi connectivity index (χ2v) is 5.35. The van der Waals surface area contributed by atoms with Crippen molar-refractivity contribution in [3.63, 3.8) is 0 Å². The minimum atomic E-state index is 0.242. The Labute approximate surface area is 120 Å². The van der Waals surface area contributed by atoms with Gasteiger partial charge in [-0.15, -0.1) is 0 Å². The molecule has 2 rings (SSSR count). The van der Waals surface area contributed by atoms with Crippen molar-refractivity contribution in [2.75, 3.05) is 13.7 Å². The highest BCUT2D eigenvalue weighted by molar-refractivity contribution is 5.81. The first kappa shape index (κ1) is 14.9. The van der Waals surface area contributed by atoms with Crippen LogP contribution in [0.1, 0.15) is 18.9 Å². The van der Waals surface area contributed by atoms with E-state index in [-0.39, 0.29) is 6.04 Å². The lowest BCUT2D eigenvalue weighted by atomic mass is 9.95. The summed E-state index contributed by atoms with van der Waals surface area (Å²) in [5.74, 6) is 6.18. The Balaban J connectivity index is 2.13. The Morgan fingerprint density at radius 1 is 1.30 bits per heavy atom. The molecular weight excluding hydrogens is 250 g/mol. The van der Waals surface area contributed by atoms with E-state index in [0.29, 0.717) is 5.92 Å². The zero-order chi connectivity index (χ0) is 14.4. The Bertz CT molecular complexity index is 539. The molecule has 2 aromatic rings. The normalized spacial score (nSPS) is 14.3. The number of ether oxygens (including phenoxy) is 1. The lowest BCUT2D eigenvalue weighted by Gasteiger charge is -2.20. The van der Waals surface area contributed by atoms with Gasteiger partial charge in [0.1, 0.15) is 0 Å². The van der Waals surface area contributed by atoms with E-state index in [2.05, 4.69) is 29.5 Å². The second kappa shape index (κ2) is 7.33. The molecule has 0 saturated heterocycles. The number of nitrogens with one attached hydrogen (secondary N) is 1. The predicted octanol–water partition coefficient (Wildman–Crippen LogP) is 2.28. The molecule has 0 radical (unpaired) electrons. The van der Waals surface area contributed by atoms with Crippen LogP contribution in [-0.4, -0.2) is 24.7 Å². The summed E-state index contributed by atoms with van der Waals surface area (Å²) in [5, 5.41) is 1.20. The lowest BCUT2D eigenvalue weighted by molar-refractivity contribution is 0.149. The fraction of sp³-hybridized carbons (Fsp3) is 0.438. The van der Waals surface area contributed by atoms with Crippen molar-refractivity contribution in [3.8, 4) is 0 Å². The first-order valence-corrected chi connectivity index (χ1v) is 7.02. The monoisotopic (exact) mass is 273 g/mol. The van der Waals surface area contributed by atoms with Crippen molar-refractivity contribution >= 4 is 10.9 Å². The molecule has 0 aliphatic carbocycles. The maximum absolute atomic E-state index is 5.70. The molecule has 0 amide bonds. The van der Waals surface area contributed by atoms with Gasteiger partial charge in [-0.25, -0.2) is 0 Å². The molecular formula is C16H23N3O. The molecule has 0 bridgehead atoms. The minimum Gasteiger partial charge on any atom is -0.384 e. The predicted molar refractivity (Wildman–Crippen MR) is 82.2 cm³/mol. The van der Waals surface area contributed by atoms with Gasteiger partial charge in [0, 0.05) is 31.3 Å². The largest absolute Gasteiger partial charge is 0.384 e. The van der Waals surface area contributed by atoms with Gasteiger partial charge in [0.15, 0.2) is 0 Å². The minimum absolute atomic E-state index is 0.242. The SMILES string of the molecule is COCC(C)CC(Cc1ccnc2ccccc12)NN. The molecule has 1 aromatic carbocycles. The molecule has 0 aliphatic heterocycles. The topological polar surface area (TPSA) is 60.2 Å². The van der Waals surface area contributed by atoms with Crippen LogP contribution in [0.5, 0.6) is 0 Å². The van der Waals surface area contributed by atoms with Crippen LogP contribution < -0.4 is 11.3 Å². The van der Waals surface area contributed by atoms with Gasteiger partial charge in [-0.05, 0) is 36.5 Å². The average molecular weight is 273 g/mol. The van der Waals surface area contributed by atoms with Crippen LogP contribution in [0.3, 0.4) is 0 Å². The van der Waals surface area contributed by atoms with E-state index < -0.39 is 0 Å². The molecule has 0 aliphatic rings. The van der Waals surface area contributed by atoms with E-state index >= 15 is 0 Å². The first-order chi connectivity index (χ1) is 9.74. The van der Waals surface area contributed by atoms with E-state index in [4.69, 9.17) is 10.6 Å². The van der Waals surface area contributed by atoms with Crippen molar-refractivity contribution in [1.82, 2.24) is 10.4 Å². The maximum Gasteiger partial charge on any atom is 0.0704 e. The smallest absolute Gasteiger partial charge is 0.0704 e. The van der Waals surface area contributed by atoms with Crippen LogP contribution in [0.25, 0.3) is 10.9 Å². The van der Waals surface area contributed by atoms with Gasteiger partial charge in [-0.1, -0.05) is 25.1 Å². The molecule has 2 unspecified atom stereocenters. The number of benzene rings is 1. The van der Waals surface area contributed by atoms with Gasteiger partial charge in [0.2, 0.25) is 0 Å². The van der Waals surface area contributed by atoms with Crippen molar-refractivity contribution in [3.05, 3.63) is 42.1 Å². The Morgan fingerprint density at radius 3 is 2.85 bits per heavy atom. The molecule has 4 heteroatoms. The Hall–Kier alpha value is -1.49. The summed E-state index contributed by atoms with van der Waals surface area (Å²) in [6.07, 6.45) is 3.75. The van der Waals surface area contributed by atoms with Crippen LogP contribution in [0, 0.1) is 5.92 Å². The number of nitrogens with zero attached hydrogens (tertiary/aromatic N) is 1. The Morgan fingerprint density at radius 2 is 2.10 bits per heavy atom. The third-order valence-electron chi connectivity index (χ3n) is 3.58. The van der Waals surface area contributed by atoms with Gasteiger partial charge in [0.05, 0.1) is 5.52 Å². The average Bonchev–Trinajstić information content (AvgIpc) is 2.47. The number of aromatic nitrogens is 1. The highest BCUT2D eigenvalue weighted by Gasteiger charge is 2.14. The number of para-hydroxylation sites is 1. The Kier molecular flexibility index (Phi) is 5.47. The van der Waals surface area contributed by atoms with Gasteiger partial charge in [-0.3, -0.25) is 16.3 Å². The highest BCUT2D eigenvalue weighted by Crippen LogP contribution is 2.19. The van der Waals surface area contributed by atoms with E-state index in [1.54, 1.807) is 7.11 Å². The summed E-state index contributed by atoms with van der Waals surface area (Å²) >= 11 is 0. The van der Waals surface area contributed by atoms with Crippen molar-refractivity contribution in [2.24, 2.45) is 11.8 Å². The lowest BCUT2D eigenvalue weighted by Crippen LogP contribution is -2.38. The van der Waals surface area contributed by atoms with Crippen LogP contribution >= 0.6 is 0 Å². The molecule has 0 saturated carbocycles. The van der Waals surface area contributed by atoms with Crippen molar-refractivity contribution in [2.45, 2.75) is 25.8 Å². The van der Waals surface area contributed by atoms with Crippen LogP contribution in [0.4, 0.5) is 0 Å². The molecule has 2 atom stereocenters. The summed E-state index contributed by atoms with van der Waals surface area (Å²) in [5.41, 5.74) is 5.24. The molecule has 4 nitrogen and oxygen atoms in total. The molecule has 1 heterocycles. The number of hydrazine groups is 1. The third-order valence-corrected chi connectivity index (χ3v) is 3.58. The summed E-state index contributed by atoms with van der Waals surface area (Å²) in [6, 6.07) is 10.5. The number of fused-ring (bicyclic) bond motifs is 1. The zero-order valence-electron chi connectivity index (χ0n) is 12.2. The van der Waals surface area contributed by atoms with E-state index in [1.165, 1.54) is 10.9 Å². The second-order valence-electron chi connectivity index (χ2n) is 5.35. The molecule has 20 heavy (non-hydrogen) atoms. The van der Waals surface area contributed by atoms with Crippen molar-refractivity contribution in [1.29, 1.82) is 0 Å². The number of methoxy groups -OCH3 is 1. The van der Waals surface area contributed by atoms with E-state index in [1.807, 2.05) is 24.4 Å². The molecule has 0 fully saturated rings. The summed E-state index contributed by atoms with van der Waals surface area (Å²) in [6.45, 7) is 2.94. The maximum atomic E-state index is 5.70. The summed E-state index contributed by atoms with van der Waals surface area (Å²) in [4.78, 5) is 4.39. The number of nitrogens with two attached hydrogens (primary N) is 1. The van der Waals surface area contributed by atoms with E-state index in [9.17, 15) is 0 Å². The van der Waals surface area contributed by atoms with Gasteiger partial charge < -0.3 is 4.74 Å². The number of pyridine rings is 1. The highest BCUT2D eigenvalue weighted by atomic mass is 16.5. The number of hydrogen-bond donors (Lipinski definition) is 2. The van der Waals surface area contributed by atoms with Crippen molar-refractivity contribution < 1.29 is 4.74 Å². The number of hydrogen-bond acceptors (Lipinski definition) is 4. The number of rotatable bonds is 7. The van der Waals surface area contributed by atoms with Crippen LogP contribution in [-0.2, 0) is 11.2 Å². The fourth-order valence-electron chi connectivity index (χ4n) is 2.65. The molecule has 0 spiro atoms. The molecule has 1 aromatic heterocycles. The summed E-state index contributed by atoms with van der Waals surface area (Å²) < 4.78 is 5.19. The standard InChI is InChI=1S/C16H23N3O/c1-12(11-20-2)9-14(19-17)10-13-7-8-18-16-6-4-3-5-15(13)16/h3-8,12,14,19H,9-11,17H2,1-2H3. The van der Waals surface area contributed by atoms with Gasteiger partial charge in [-0.2, -0.15) is 0 Å². The zero-order valence-corrected chi connectivity index (χ0v) is 12.2. The molecule has 108 valence electrons.